The lowest BCUT2D eigenvalue weighted by Gasteiger charge is -2.16. The predicted octanol–water partition coefficient (Wildman–Crippen LogP) is 2.06. The molecule has 1 aromatic rings. The maximum absolute atomic E-state index is 12.1. The molecule has 1 amide bonds. The zero-order chi connectivity index (χ0) is 12.3. The Hall–Kier alpha value is -1.45. The molecule has 1 aromatic heterocycles. The molecule has 1 aliphatic carbocycles. The number of carbonyl (C=O) groups is 1. The van der Waals surface area contributed by atoms with Crippen molar-refractivity contribution in [2.75, 3.05) is 5.73 Å². The number of nitrogens with one attached hydrogen (secondary N) is 1. The largest absolute Gasteiger partial charge is 0.397 e. The molecule has 4 heteroatoms. The van der Waals surface area contributed by atoms with E-state index in [9.17, 15) is 4.79 Å². The van der Waals surface area contributed by atoms with E-state index >= 15 is 0 Å². The molecule has 0 aliphatic heterocycles. The van der Waals surface area contributed by atoms with Gasteiger partial charge >= 0.3 is 0 Å². The minimum atomic E-state index is -0.00361. The summed E-state index contributed by atoms with van der Waals surface area (Å²) in [6.07, 6.45) is 9.01. The first-order valence-electron chi connectivity index (χ1n) is 6.39. The fourth-order valence-electron chi connectivity index (χ4n) is 2.50. The van der Waals surface area contributed by atoms with Gasteiger partial charge < -0.3 is 15.6 Å². The van der Waals surface area contributed by atoms with Crippen LogP contribution in [0.5, 0.6) is 0 Å². The Kier molecular flexibility index (Phi) is 3.71. The number of nitrogen functional groups attached to an aromatic ring is 1. The number of anilines is 1. The van der Waals surface area contributed by atoms with Gasteiger partial charge in [0.15, 0.2) is 0 Å². The highest BCUT2D eigenvalue weighted by atomic mass is 16.2. The van der Waals surface area contributed by atoms with Crippen molar-refractivity contribution in [2.24, 2.45) is 7.05 Å². The molecule has 1 aliphatic rings. The van der Waals surface area contributed by atoms with E-state index in [-0.39, 0.29) is 5.91 Å². The summed E-state index contributed by atoms with van der Waals surface area (Å²) in [5.41, 5.74) is 6.96. The molecule has 0 aromatic carbocycles. The molecule has 0 radical (unpaired) electrons. The van der Waals surface area contributed by atoms with E-state index < -0.39 is 0 Å². The number of nitrogens with zero attached hydrogens (tertiary/aromatic N) is 1. The van der Waals surface area contributed by atoms with Gasteiger partial charge in [-0.1, -0.05) is 25.7 Å². The van der Waals surface area contributed by atoms with Crippen molar-refractivity contribution in [3.8, 4) is 0 Å². The summed E-state index contributed by atoms with van der Waals surface area (Å²) in [4.78, 5) is 12.1. The summed E-state index contributed by atoms with van der Waals surface area (Å²) < 4.78 is 1.78. The van der Waals surface area contributed by atoms with Crippen LogP contribution in [-0.4, -0.2) is 16.5 Å². The van der Waals surface area contributed by atoms with Gasteiger partial charge in [-0.2, -0.15) is 0 Å². The predicted molar refractivity (Wildman–Crippen MR) is 68.8 cm³/mol. The van der Waals surface area contributed by atoms with Gasteiger partial charge in [0.05, 0.1) is 5.69 Å². The second-order valence-corrected chi connectivity index (χ2v) is 4.93. The number of hydrogen-bond donors (Lipinski definition) is 2. The minimum absolute atomic E-state index is 0.00361. The lowest BCUT2D eigenvalue weighted by atomic mass is 10.1. The average Bonchev–Trinajstić information content (AvgIpc) is 2.51. The van der Waals surface area contributed by atoms with Crippen molar-refractivity contribution in [3.63, 3.8) is 0 Å². The second-order valence-electron chi connectivity index (χ2n) is 4.93. The third kappa shape index (κ3) is 3.02. The molecule has 0 saturated heterocycles. The number of amides is 1. The van der Waals surface area contributed by atoms with Crippen LogP contribution in [0.3, 0.4) is 0 Å². The number of rotatable bonds is 2. The van der Waals surface area contributed by atoms with E-state index in [0.29, 0.717) is 17.4 Å². The van der Waals surface area contributed by atoms with Crippen LogP contribution >= 0.6 is 0 Å². The summed E-state index contributed by atoms with van der Waals surface area (Å²) >= 11 is 0. The Morgan fingerprint density at radius 1 is 1.35 bits per heavy atom. The van der Waals surface area contributed by atoms with Gasteiger partial charge in [-0.15, -0.1) is 0 Å². The third-order valence-corrected chi connectivity index (χ3v) is 3.45. The van der Waals surface area contributed by atoms with Crippen molar-refractivity contribution < 1.29 is 4.79 Å². The minimum Gasteiger partial charge on any atom is -0.397 e. The molecule has 3 N–H and O–H groups in total. The van der Waals surface area contributed by atoms with Crippen molar-refractivity contribution >= 4 is 11.6 Å². The Bertz CT molecular complexity index is 389. The first-order valence-corrected chi connectivity index (χ1v) is 6.39. The summed E-state index contributed by atoms with van der Waals surface area (Å²) in [7, 11) is 1.85. The highest BCUT2D eigenvalue weighted by molar-refractivity contribution is 5.93. The van der Waals surface area contributed by atoms with Gasteiger partial charge in [-0.25, -0.2) is 0 Å². The number of aromatic nitrogens is 1. The molecule has 0 unspecified atom stereocenters. The van der Waals surface area contributed by atoms with Crippen LogP contribution in [0.25, 0.3) is 0 Å². The molecule has 0 bridgehead atoms. The lowest BCUT2D eigenvalue weighted by Crippen LogP contribution is -2.35. The Labute approximate surface area is 102 Å². The van der Waals surface area contributed by atoms with Crippen LogP contribution in [0.1, 0.15) is 49.0 Å². The second kappa shape index (κ2) is 5.25. The highest BCUT2D eigenvalue weighted by Gasteiger charge is 2.17. The van der Waals surface area contributed by atoms with Gasteiger partial charge in [0, 0.05) is 19.3 Å². The molecule has 0 spiro atoms. The van der Waals surface area contributed by atoms with Crippen molar-refractivity contribution in [3.05, 3.63) is 18.0 Å². The van der Waals surface area contributed by atoms with Gasteiger partial charge in [0.2, 0.25) is 0 Å². The zero-order valence-corrected chi connectivity index (χ0v) is 10.4. The highest BCUT2D eigenvalue weighted by Crippen LogP contribution is 2.18. The van der Waals surface area contributed by atoms with E-state index in [2.05, 4.69) is 5.32 Å². The monoisotopic (exact) mass is 235 g/mol. The first-order chi connectivity index (χ1) is 8.16. The molecule has 17 heavy (non-hydrogen) atoms. The maximum atomic E-state index is 12.1. The quantitative estimate of drug-likeness (QED) is 0.771. The fourth-order valence-corrected chi connectivity index (χ4v) is 2.50. The van der Waals surface area contributed by atoms with E-state index in [1.165, 1.54) is 25.7 Å². The molecule has 1 heterocycles. The van der Waals surface area contributed by atoms with Gasteiger partial charge in [-0.3, -0.25) is 4.79 Å². The van der Waals surface area contributed by atoms with Gasteiger partial charge in [0.25, 0.3) is 5.91 Å². The summed E-state index contributed by atoms with van der Waals surface area (Å²) in [5.74, 6) is -0.00361. The van der Waals surface area contributed by atoms with Crippen LogP contribution in [0.4, 0.5) is 5.69 Å². The number of hydrogen-bond acceptors (Lipinski definition) is 2. The molecule has 4 nitrogen and oxygen atoms in total. The molecule has 94 valence electrons. The third-order valence-electron chi connectivity index (χ3n) is 3.45. The zero-order valence-electron chi connectivity index (χ0n) is 10.4. The number of carbonyl (C=O) groups excluding carboxylic acids is 1. The topological polar surface area (TPSA) is 60.0 Å². The van der Waals surface area contributed by atoms with E-state index in [1.54, 1.807) is 16.8 Å². The summed E-state index contributed by atoms with van der Waals surface area (Å²) in [5, 5.41) is 3.11. The average molecular weight is 235 g/mol. The first kappa shape index (κ1) is 12.0. The van der Waals surface area contributed by atoms with Gasteiger partial charge in [-0.05, 0) is 18.9 Å². The fraction of sp³-hybridized carbons (Fsp3) is 0.615. The molecule has 1 fully saturated rings. The van der Waals surface area contributed by atoms with Crippen LogP contribution in [0.15, 0.2) is 12.3 Å². The summed E-state index contributed by atoms with van der Waals surface area (Å²) in [6.45, 7) is 0. The van der Waals surface area contributed by atoms with Gasteiger partial charge in [0.1, 0.15) is 5.69 Å². The lowest BCUT2D eigenvalue weighted by molar-refractivity contribution is 0.0925. The molecular formula is C13H21N3O. The standard InChI is InChI=1S/C13H21N3O/c1-16-9-10(14)8-12(16)13(17)15-11-6-4-2-3-5-7-11/h8-9,11H,2-7,14H2,1H3,(H,15,17). The van der Waals surface area contributed by atoms with Crippen LogP contribution in [-0.2, 0) is 7.05 Å². The molecule has 0 atom stereocenters. The summed E-state index contributed by atoms with van der Waals surface area (Å²) in [6, 6.07) is 2.06. The Morgan fingerprint density at radius 2 is 2.00 bits per heavy atom. The normalized spacial score (nSPS) is 17.7. The van der Waals surface area contributed by atoms with Crippen LogP contribution in [0, 0.1) is 0 Å². The molecule has 2 rings (SSSR count). The van der Waals surface area contributed by atoms with Crippen molar-refractivity contribution in [1.82, 2.24) is 9.88 Å². The van der Waals surface area contributed by atoms with E-state index in [1.807, 2.05) is 7.05 Å². The van der Waals surface area contributed by atoms with Crippen LogP contribution in [0.2, 0.25) is 0 Å². The SMILES string of the molecule is Cn1cc(N)cc1C(=O)NC1CCCCCC1. The number of nitrogens with two attached hydrogens (primary N) is 1. The van der Waals surface area contributed by atoms with E-state index in [4.69, 9.17) is 5.73 Å². The van der Waals surface area contributed by atoms with Crippen LogP contribution < -0.4 is 11.1 Å². The maximum Gasteiger partial charge on any atom is 0.268 e. The Balaban J connectivity index is 1.98. The van der Waals surface area contributed by atoms with Crippen molar-refractivity contribution in [1.29, 1.82) is 0 Å². The molecule has 1 saturated carbocycles. The smallest absolute Gasteiger partial charge is 0.268 e. The van der Waals surface area contributed by atoms with E-state index in [0.717, 1.165) is 12.8 Å². The van der Waals surface area contributed by atoms with Crippen molar-refractivity contribution in [2.45, 2.75) is 44.6 Å². The Morgan fingerprint density at radius 3 is 2.53 bits per heavy atom. The number of aryl methyl sites for hydroxylation is 1. The molecular weight excluding hydrogens is 214 g/mol.